The van der Waals surface area contributed by atoms with Crippen LogP contribution in [-0.4, -0.2) is 47.6 Å². The van der Waals surface area contributed by atoms with Gasteiger partial charge in [-0.1, -0.05) is 23.2 Å². The Morgan fingerprint density at radius 2 is 1.85 bits per heavy atom. The van der Waals surface area contributed by atoms with Crippen LogP contribution in [0.3, 0.4) is 0 Å². The van der Waals surface area contributed by atoms with Crippen molar-refractivity contribution >= 4 is 52.8 Å². The summed E-state index contributed by atoms with van der Waals surface area (Å²) in [5.74, 6) is -0.495. The molecule has 0 bridgehead atoms. The number of nitrogens with one attached hydrogen (secondary N) is 1. The first-order valence-corrected chi connectivity index (χ1v) is 10.2. The Bertz CT molecular complexity index is 691. The van der Waals surface area contributed by atoms with Gasteiger partial charge in [0.15, 0.2) is 5.78 Å². The molecule has 150 valence electrons. The number of ether oxygens (including phenoxy) is 2. The highest BCUT2D eigenvalue weighted by Crippen LogP contribution is 2.23. The predicted molar refractivity (Wildman–Crippen MR) is 108 cm³/mol. The minimum absolute atomic E-state index is 0.101. The van der Waals surface area contributed by atoms with E-state index in [1.807, 2.05) is 0 Å². The molecule has 27 heavy (non-hydrogen) atoms. The van der Waals surface area contributed by atoms with Gasteiger partial charge in [0.25, 0.3) is 0 Å². The standard InChI is InChI=1S/C18H23Cl2NO5S/c1-5-25-16(23)14(21-17(24)26-18(2,3)4)9-27-10-15(22)11-6-7-12(19)13(20)8-11/h6-8,14H,5,9-10H2,1-4H3,(H,21,24). The van der Waals surface area contributed by atoms with Crippen molar-refractivity contribution in [2.45, 2.75) is 39.3 Å². The maximum Gasteiger partial charge on any atom is 0.408 e. The van der Waals surface area contributed by atoms with Crippen LogP contribution in [0.5, 0.6) is 0 Å². The molecule has 0 spiro atoms. The van der Waals surface area contributed by atoms with E-state index in [2.05, 4.69) is 5.32 Å². The van der Waals surface area contributed by atoms with E-state index < -0.39 is 23.7 Å². The minimum Gasteiger partial charge on any atom is -0.464 e. The van der Waals surface area contributed by atoms with Crippen molar-refractivity contribution in [2.24, 2.45) is 0 Å². The maximum atomic E-state index is 12.2. The maximum absolute atomic E-state index is 12.2. The first-order valence-electron chi connectivity index (χ1n) is 8.25. The van der Waals surface area contributed by atoms with Crippen LogP contribution in [-0.2, 0) is 14.3 Å². The number of halogens is 2. The van der Waals surface area contributed by atoms with Crippen LogP contribution in [0, 0.1) is 0 Å². The molecule has 0 aliphatic heterocycles. The number of hydrogen-bond donors (Lipinski definition) is 1. The number of carbonyl (C=O) groups excluding carboxylic acids is 3. The van der Waals surface area contributed by atoms with E-state index in [-0.39, 0.29) is 23.9 Å². The lowest BCUT2D eigenvalue weighted by atomic mass is 10.1. The average Bonchev–Trinajstić information content (AvgIpc) is 2.54. The first-order chi connectivity index (χ1) is 12.5. The zero-order chi connectivity index (χ0) is 20.6. The summed E-state index contributed by atoms with van der Waals surface area (Å²) in [5.41, 5.74) is -0.273. The van der Waals surface area contributed by atoms with Gasteiger partial charge < -0.3 is 14.8 Å². The highest BCUT2D eigenvalue weighted by Gasteiger charge is 2.25. The van der Waals surface area contributed by atoms with Gasteiger partial charge in [0.2, 0.25) is 0 Å². The average molecular weight is 436 g/mol. The van der Waals surface area contributed by atoms with Gasteiger partial charge in [-0.15, -0.1) is 0 Å². The van der Waals surface area contributed by atoms with E-state index >= 15 is 0 Å². The smallest absolute Gasteiger partial charge is 0.408 e. The quantitative estimate of drug-likeness (QED) is 0.482. The molecule has 0 heterocycles. The monoisotopic (exact) mass is 435 g/mol. The van der Waals surface area contributed by atoms with Gasteiger partial charge in [0.1, 0.15) is 11.6 Å². The number of rotatable bonds is 8. The zero-order valence-electron chi connectivity index (χ0n) is 15.6. The third-order valence-corrected chi connectivity index (χ3v) is 4.80. The third-order valence-electron chi connectivity index (χ3n) is 3.02. The van der Waals surface area contributed by atoms with E-state index in [0.717, 1.165) is 0 Å². The molecule has 0 radical (unpaired) electrons. The summed E-state index contributed by atoms with van der Waals surface area (Å²) in [6.07, 6.45) is -0.725. The van der Waals surface area contributed by atoms with E-state index in [9.17, 15) is 14.4 Å². The molecule has 0 fully saturated rings. The summed E-state index contributed by atoms with van der Waals surface area (Å²) in [6.45, 7) is 7.01. The fourth-order valence-corrected chi connectivity index (χ4v) is 3.11. The molecule has 9 heteroatoms. The summed E-state index contributed by atoms with van der Waals surface area (Å²) in [4.78, 5) is 36.2. The number of amides is 1. The van der Waals surface area contributed by atoms with Crippen LogP contribution < -0.4 is 5.32 Å². The summed E-state index contributed by atoms with van der Waals surface area (Å²) in [5, 5.41) is 3.14. The van der Waals surface area contributed by atoms with Crippen molar-refractivity contribution in [1.29, 1.82) is 0 Å². The van der Waals surface area contributed by atoms with Gasteiger partial charge >= 0.3 is 12.1 Å². The second-order valence-electron chi connectivity index (χ2n) is 6.52. The number of Topliss-reactive ketones (excluding diaryl/α,β-unsaturated/α-hetero) is 1. The molecule has 6 nitrogen and oxygen atoms in total. The van der Waals surface area contributed by atoms with E-state index in [1.165, 1.54) is 17.8 Å². The Hall–Kier alpha value is -1.44. The molecule has 0 aliphatic rings. The van der Waals surface area contributed by atoms with Gasteiger partial charge in [-0.25, -0.2) is 9.59 Å². The second-order valence-corrected chi connectivity index (χ2v) is 8.36. The zero-order valence-corrected chi connectivity index (χ0v) is 18.0. The lowest BCUT2D eigenvalue weighted by Crippen LogP contribution is -2.45. The molecule has 0 aliphatic carbocycles. The molecular weight excluding hydrogens is 413 g/mol. The molecule has 1 unspecified atom stereocenters. The van der Waals surface area contributed by atoms with Gasteiger partial charge in [-0.05, 0) is 45.9 Å². The van der Waals surface area contributed by atoms with Gasteiger partial charge in [0.05, 0.1) is 22.4 Å². The van der Waals surface area contributed by atoms with Gasteiger partial charge in [-0.3, -0.25) is 4.79 Å². The lowest BCUT2D eigenvalue weighted by molar-refractivity contribution is -0.145. The number of carbonyl (C=O) groups is 3. The number of alkyl carbamates (subject to hydrolysis) is 1. The normalized spacial score (nSPS) is 12.2. The molecule has 1 rings (SSSR count). The van der Waals surface area contributed by atoms with E-state index in [4.69, 9.17) is 32.7 Å². The summed E-state index contributed by atoms with van der Waals surface area (Å²) in [6, 6.07) is 3.70. The molecule has 1 aromatic carbocycles. The van der Waals surface area contributed by atoms with Crippen molar-refractivity contribution in [3.05, 3.63) is 33.8 Å². The van der Waals surface area contributed by atoms with Gasteiger partial charge in [-0.2, -0.15) is 11.8 Å². The fourth-order valence-electron chi connectivity index (χ4n) is 1.88. The largest absolute Gasteiger partial charge is 0.464 e. The van der Waals surface area contributed by atoms with Crippen LogP contribution in [0.2, 0.25) is 10.0 Å². The van der Waals surface area contributed by atoms with Crippen LogP contribution in [0.1, 0.15) is 38.1 Å². The van der Waals surface area contributed by atoms with Crippen LogP contribution in [0.4, 0.5) is 4.79 Å². The van der Waals surface area contributed by atoms with Crippen molar-refractivity contribution in [1.82, 2.24) is 5.32 Å². The van der Waals surface area contributed by atoms with Crippen LogP contribution in [0.25, 0.3) is 0 Å². The second kappa shape index (κ2) is 10.8. The Labute approximate surface area is 173 Å². The highest BCUT2D eigenvalue weighted by atomic mass is 35.5. The van der Waals surface area contributed by atoms with Crippen molar-refractivity contribution in [3.63, 3.8) is 0 Å². The van der Waals surface area contributed by atoms with E-state index in [1.54, 1.807) is 39.8 Å². The Morgan fingerprint density at radius 1 is 1.19 bits per heavy atom. The predicted octanol–water partition coefficient (Wildman–Crippen LogP) is 4.37. The molecule has 0 aromatic heterocycles. The summed E-state index contributed by atoms with van der Waals surface area (Å²) in [7, 11) is 0. The number of thioether (sulfide) groups is 1. The minimum atomic E-state index is -0.925. The SMILES string of the molecule is CCOC(=O)C(CSCC(=O)c1ccc(Cl)c(Cl)c1)NC(=O)OC(C)(C)C. The number of benzene rings is 1. The Morgan fingerprint density at radius 3 is 2.41 bits per heavy atom. The summed E-state index contributed by atoms with van der Waals surface area (Å²) >= 11 is 12.9. The first kappa shape index (κ1) is 23.6. The molecule has 1 N–H and O–H groups in total. The molecule has 0 saturated carbocycles. The molecule has 0 saturated heterocycles. The van der Waals surface area contributed by atoms with Crippen molar-refractivity contribution in [2.75, 3.05) is 18.1 Å². The Kier molecular flexibility index (Phi) is 9.42. The lowest BCUT2D eigenvalue weighted by Gasteiger charge is -2.22. The summed E-state index contributed by atoms with van der Waals surface area (Å²) < 4.78 is 10.1. The molecule has 1 aromatic rings. The number of hydrogen-bond acceptors (Lipinski definition) is 6. The van der Waals surface area contributed by atoms with Crippen molar-refractivity contribution in [3.8, 4) is 0 Å². The van der Waals surface area contributed by atoms with Crippen molar-refractivity contribution < 1.29 is 23.9 Å². The topological polar surface area (TPSA) is 81.7 Å². The number of ketones is 1. The Balaban J connectivity index is 2.64. The van der Waals surface area contributed by atoms with E-state index in [0.29, 0.717) is 15.6 Å². The molecular formula is C18H23Cl2NO5S. The van der Waals surface area contributed by atoms with Crippen LogP contribution >= 0.6 is 35.0 Å². The third kappa shape index (κ3) is 8.86. The highest BCUT2D eigenvalue weighted by molar-refractivity contribution is 8.00. The van der Waals surface area contributed by atoms with Crippen LogP contribution in [0.15, 0.2) is 18.2 Å². The molecule has 1 amide bonds. The van der Waals surface area contributed by atoms with Gasteiger partial charge in [0, 0.05) is 11.3 Å². The number of esters is 1. The fraction of sp³-hybridized carbons (Fsp3) is 0.500. The molecule has 1 atom stereocenters.